The SMILES string of the molecule is COc1ccc(CNC(=O)c2cnc3cc(-c4c(C)noc4C)ccc3c2Nc2ccccc2C(C)(C)C)cc1. The number of amides is 1. The Morgan fingerprint density at radius 2 is 1.75 bits per heavy atom. The van der Waals surface area contributed by atoms with Crippen molar-refractivity contribution in [1.29, 1.82) is 0 Å². The van der Waals surface area contributed by atoms with E-state index in [-0.39, 0.29) is 11.3 Å². The molecule has 7 heteroatoms. The lowest BCUT2D eigenvalue weighted by Crippen LogP contribution is -2.24. The highest BCUT2D eigenvalue weighted by Crippen LogP contribution is 2.37. The summed E-state index contributed by atoms with van der Waals surface area (Å²) in [5.41, 5.74) is 7.65. The molecular weight excluding hydrogens is 500 g/mol. The third-order valence-electron chi connectivity index (χ3n) is 7.04. The number of benzene rings is 3. The molecule has 7 nitrogen and oxygen atoms in total. The van der Waals surface area contributed by atoms with Crippen LogP contribution < -0.4 is 15.4 Å². The molecule has 0 bridgehead atoms. The van der Waals surface area contributed by atoms with Crippen LogP contribution in [0.3, 0.4) is 0 Å². The van der Waals surface area contributed by atoms with Crippen molar-refractivity contribution in [3.63, 3.8) is 0 Å². The number of aryl methyl sites for hydroxylation is 2. The Bertz CT molecular complexity index is 1660. The summed E-state index contributed by atoms with van der Waals surface area (Å²) < 4.78 is 10.6. The van der Waals surface area contributed by atoms with Gasteiger partial charge in [0.1, 0.15) is 11.5 Å². The zero-order chi connectivity index (χ0) is 28.4. The minimum Gasteiger partial charge on any atom is -0.497 e. The zero-order valence-electron chi connectivity index (χ0n) is 23.8. The number of anilines is 2. The van der Waals surface area contributed by atoms with E-state index < -0.39 is 0 Å². The van der Waals surface area contributed by atoms with Crippen LogP contribution >= 0.6 is 0 Å². The smallest absolute Gasteiger partial charge is 0.255 e. The van der Waals surface area contributed by atoms with E-state index in [0.717, 1.165) is 56.0 Å². The van der Waals surface area contributed by atoms with Crippen molar-refractivity contribution < 1.29 is 14.1 Å². The highest BCUT2D eigenvalue weighted by molar-refractivity contribution is 6.08. The average molecular weight is 535 g/mol. The van der Waals surface area contributed by atoms with Crippen molar-refractivity contribution in [2.45, 2.75) is 46.6 Å². The topological polar surface area (TPSA) is 89.3 Å². The molecule has 40 heavy (non-hydrogen) atoms. The van der Waals surface area contributed by atoms with Crippen molar-refractivity contribution in [1.82, 2.24) is 15.5 Å². The number of para-hydroxylation sites is 1. The van der Waals surface area contributed by atoms with Gasteiger partial charge in [0.25, 0.3) is 5.91 Å². The number of aromatic nitrogens is 2. The molecule has 5 rings (SSSR count). The summed E-state index contributed by atoms with van der Waals surface area (Å²) in [6.07, 6.45) is 1.64. The fraction of sp³-hybridized carbons (Fsp3) is 0.242. The van der Waals surface area contributed by atoms with E-state index in [1.807, 2.05) is 74.5 Å². The lowest BCUT2D eigenvalue weighted by molar-refractivity contribution is 0.0951. The van der Waals surface area contributed by atoms with Crippen LogP contribution in [0.4, 0.5) is 11.4 Å². The molecule has 0 unspecified atom stereocenters. The fourth-order valence-electron chi connectivity index (χ4n) is 4.95. The summed E-state index contributed by atoms with van der Waals surface area (Å²) in [6, 6.07) is 21.9. The number of rotatable bonds is 7. The van der Waals surface area contributed by atoms with E-state index in [1.54, 1.807) is 13.3 Å². The van der Waals surface area contributed by atoms with Gasteiger partial charge in [-0.15, -0.1) is 0 Å². The van der Waals surface area contributed by atoms with Crippen LogP contribution in [0.15, 0.2) is 77.4 Å². The summed E-state index contributed by atoms with van der Waals surface area (Å²) >= 11 is 0. The van der Waals surface area contributed by atoms with Gasteiger partial charge in [0.15, 0.2) is 0 Å². The van der Waals surface area contributed by atoms with Gasteiger partial charge in [-0.05, 0) is 60.2 Å². The van der Waals surface area contributed by atoms with E-state index >= 15 is 0 Å². The first-order chi connectivity index (χ1) is 19.2. The second kappa shape index (κ2) is 10.8. The predicted octanol–water partition coefficient (Wildman–Crippen LogP) is 7.49. The zero-order valence-corrected chi connectivity index (χ0v) is 23.8. The molecule has 2 N–H and O–H groups in total. The standard InChI is InChI=1S/C33H34N4O3/c1-20-30(21(2)40-37-20)23-13-16-25-29(17-23)34-19-26(32(38)35-18-22-11-14-24(39-6)15-12-22)31(25)36-28-10-8-7-9-27(28)33(3,4)5/h7-17,19H,18H2,1-6H3,(H,34,36)(H,35,38). The first kappa shape index (κ1) is 26.9. The van der Waals surface area contributed by atoms with Gasteiger partial charge in [0.05, 0.1) is 29.6 Å². The lowest BCUT2D eigenvalue weighted by Gasteiger charge is -2.24. The molecule has 2 aromatic heterocycles. The van der Waals surface area contributed by atoms with Crippen LogP contribution in [0, 0.1) is 13.8 Å². The van der Waals surface area contributed by atoms with Crippen molar-refractivity contribution in [3.8, 4) is 16.9 Å². The molecule has 0 aliphatic rings. The average Bonchev–Trinajstić information content (AvgIpc) is 3.29. The molecule has 3 aromatic carbocycles. The Hall–Kier alpha value is -4.65. The van der Waals surface area contributed by atoms with Crippen molar-refractivity contribution in [3.05, 3.63) is 101 Å². The molecule has 0 aliphatic carbocycles. The number of nitrogens with zero attached hydrogens (tertiary/aromatic N) is 2. The molecule has 0 atom stereocenters. The minimum atomic E-state index is -0.212. The number of methoxy groups -OCH3 is 1. The molecule has 5 aromatic rings. The molecule has 1 amide bonds. The maximum Gasteiger partial charge on any atom is 0.255 e. The highest BCUT2D eigenvalue weighted by atomic mass is 16.5. The van der Waals surface area contributed by atoms with Gasteiger partial charge in [-0.3, -0.25) is 9.78 Å². The van der Waals surface area contributed by atoms with E-state index in [4.69, 9.17) is 14.2 Å². The largest absolute Gasteiger partial charge is 0.497 e. The minimum absolute atomic E-state index is 0.0975. The van der Waals surface area contributed by atoms with Gasteiger partial charge in [-0.1, -0.05) is 68.4 Å². The molecule has 0 fully saturated rings. The van der Waals surface area contributed by atoms with Crippen LogP contribution in [0.1, 0.15) is 53.7 Å². The summed E-state index contributed by atoms with van der Waals surface area (Å²) in [6.45, 7) is 10.7. The first-order valence-electron chi connectivity index (χ1n) is 13.3. The molecular formula is C33H34N4O3. The predicted molar refractivity (Wildman–Crippen MR) is 159 cm³/mol. The van der Waals surface area contributed by atoms with Crippen LogP contribution in [0.5, 0.6) is 5.75 Å². The third kappa shape index (κ3) is 5.41. The maximum atomic E-state index is 13.6. The van der Waals surface area contributed by atoms with Gasteiger partial charge in [0.2, 0.25) is 0 Å². The van der Waals surface area contributed by atoms with Crippen molar-refractivity contribution >= 4 is 28.2 Å². The van der Waals surface area contributed by atoms with Crippen molar-refractivity contribution in [2.24, 2.45) is 0 Å². The Balaban J connectivity index is 1.57. The highest BCUT2D eigenvalue weighted by Gasteiger charge is 2.22. The van der Waals surface area contributed by atoms with Gasteiger partial charge >= 0.3 is 0 Å². The first-order valence-corrected chi connectivity index (χ1v) is 13.3. The molecule has 0 saturated carbocycles. The Kier molecular flexibility index (Phi) is 7.30. The van der Waals surface area contributed by atoms with E-state index in [1.165, 1.54) is 0 Å². The lowest BCUT2D eigenvalue weighted by atomic mass is 9.85. The molecule has 0 radical (unpaired) electrons. The summed E-state index contributed by atoms with van der Waals surface area (Å²) in [4.78, 5) is 18.3. The van der Waals surface area contributed by atoms with Crippen molar-refractivity contribution in [2.75, 3.05) is 12.4 Å². The summed E-state index contributed by atoms with van der Waals surface area (Å²) in [5.74, 6) is 1.31. The second-order valence-corrected chi connectivity index (χ2v) is 10.9. The Labute approximate surface area is 234 Å². The number of fused-ring (bicyclic) bond motifs is 1. The van der Waals surface area contributed by atoms with Gasteiger partial charge < -0.3 is 19.9 Å². The monoisotopic (exact) mass is 534 g/mol. The number of hydrogen-bond donors (Lipinski definition) is 2. The third-order valence-corrected chi connectivity index (χ3v) is 7.04. The van der Waals surface area contributed by atoms with Crippen LogP contribution in [-0.2, 0) is 12.0 Å². The summed E-state index contributed by atoms with van der Waals surface area (Å²) in [5, 5.41) is 11.6. The van der Waals surface area contributed by atoms with E-state index in [2.05, 4.69) is 42.6 Å². The van der Waals surface area contributed by atoms with E-state index in [0.29, 0.717) is 17.8 Å². The number of hydrogen-bond acceptors (Lipinski definition) is 6. The number of ether oxygens (including phenoxy) is 1. The normalized spacial score (nSPS) is 11.4. The fourth-order valence-corrected chi connectivity index (χ4v) is 4.95. The van der Waals surface area contributed by atoms with Gasteiger partial charge in [-0.2, -0.15) is 0 Å². The molecule has 0 aliphatic heterocycles. The second-order valence-electron chi connectivity index (χ2n) is 10.9. The van der Waals surface area contributed by atoms with Gasteiger partial charge in [0, 0.05) is 29.4 Å². The van der Waals surface area contributed by atoms with Crippen LogP contribution in [0.2, 0.25) is 0 Å². The Morgan fingerprint density at radius 3 is 2.42 bits per heavy atom. The molecule has 204 valence electrons. The quantitative estimate of drug-likeness (QED) is 0.225. The van der Waals surface area contributed by atoms with Gasteiger partial charge in [-0.25, -0.2) is 0 Å². The summed E-state index contributed by atoms with van der Waals surface area (Å²) in [7, 11) is 1.63. The molecule has 0 saturated heterocycles. The number of nitrogens with one attached hydrogen (secondary N) is 2. The van der Waals surface area contributed by atoms with E-state index in [9.17, 15) is 4.79 Å². The Morgan fingerprint density at radius 1 is 1.00 bits per heavy atom. The number of carbonyl (C=O) groups is 1. The maximum absolute atomic E-state index is 13.6. The number of pyridine rings is 1. The van der Waals surface area contributed by atoms with Crippen LogP contribution in [-0.4, -0.2) is 23.2 Å². The molecule has 0 spiro atoms. The number of carbonyl (C=O) groups excluding carboxylic acids is 1. The van der Waals surface area contributed by atoms with Crippen LogP contribution in [0.25, 0.3) is 22.0 Å². The molecule has 2 heterocycles.